The smallest absolute Gasteiger partial charge is 0.321 e. The Kier molecular flexibility index (Phi) is 10.8. The van der Waals surface area contributed by atoms with E-state index in [1.807, 2.05) is 30.2 Å². The van der Waals surface area contributed by atoms with Gasteiger partial charge in [0.2, 0.25) is 5.85 Å². The molecule has 2 amide bonds. The van der Waals surface area contributed by atoms with Gasteiger partial charge in [0.15, 0.2) is 0 Å². The highest BCUT2D eigenvalue weighted by atomic mass is 16.5. The summed E-state index contributed by atoms with van der Waals surface area (Å²) in [4.78, 5) is 15.2. The number of aryl methyl sites for hydroxylation is 1. The molecule has 1 atom stereocenters. The second kappa shape index (κ2) is 13.3. The molecule has 0 spiro atoms. The van der Waals surface area contributed by atoms with Crippen LogP contribution in [0.15, 0.2) is 48.2 Å². The van der Waals surface area contributed by atoms with Gasteiger partial charge in [-0.2, -0.15) is 0 Å². The number of nitrogens with one attached hydrogen (secondary N) is 2. The molecule has 2 N–H and O–H groups in total. The van der Waals surface area contributed by atoms with Crippen molar-refractivity contribution in [3.8, 4) is 0 Å². The lowest BCUT2D eigenvalue weighted by Crippen LogP contribution is -2.60. The number of rotatable bonds is 13. The van der Waals surface area contributed by atoms with Crippen molar-refractivity contribution in [2.75, 3.05) is 13.7 Å². The van der Waals surface area contributed by atoms with Gasteiger partial charge in [-0.1, -0.05) is 70.7 Å². The molecule has 0 aromatic heterocycles. The number of carbonyl (C=O) groups is 1. The zero-order chi connectivity index (χ0) is 23.4. The fourth-order valence-electron chi connectivity index (χ4n) is 3.83. The van der Waals surface area contributed by atoms with Gasteiger partial charge in [0, 0.05) is 26.4 Å². The summed E-state index contributed by atoms with van der Waals surface area (Å²) in [7, 11) is 1.60. The molecule has 2 rings (SSSR count). The largest absolute Gasteiger partial charge is 0.343 e. The second-order valence-corrected chi connectivity index (χ2v) is 9.32. The van der Waals surface area contributed by atoms with Crippen molar-refractivity contribution in [2.24, 2.45) is 5.92 Å². The van der Waals surface area contributed by atoms with Crippen molar-refractivity contribution in [1.82, 2.24) is 15.5 Å². The zero-order valence-electron chi connectivity index (χ0n) is 20.7. The van der Waals surface area contributed by atoms with Gasteiger partial charge in [-0.25, -0.2) is 4.79 Å². The van der Waals surface area contributed by atoms with Crippen LogP contribution in [0.1, 0.15) is 77.3 Å². The Labute approximate surface area is 195 Å². The number of dihydropyridines is 1. The van der Waals surface area contributed by atoms with Crippen LogP contribution < -0.4 is 10.6 Å². The molecule has 1 aliphatic rings. The highest BCUT2D eigenvalue weighted by molar-refractivity contribution is 5.75. The first-order valence-electron chi connectivity index (χ1n) is 12.2. The molecule has 0 saturated heterocycles. The van der Waals surface area contributed by atoms with E-state index in [0.717, 1.165) is 36.9 Å². The van der Waals surface area contributed by atoms with E-state index in [2.05, 4.69) is 55.7 Å². The lowest BCUT2D eigenvalue weighted by atomic mass is 10.0. The number of carbonyl (C=O) groups excluding carboxylic acids is 1. The molecule has 1 aromatic carbocycles. The van der Waals surface area contributed by atoms with Crippen molar-refractivity contribution >= 4 is 6.03 Å². The molecular weight excluding hydrogens is 398 g/mol. The third-order valence-corrected chi connectivity index (χ3v) is 5.92. The Morgan fingerprint density at radius 3 is 2.44 bits per heavy atom. The minimum absolute atomic E-state index is 0.127. The van der Waals surface area contributed by atoms with E-state index in [1.165, 1.54) is 31.2 Å². The lowest BCUT2D eigenvalue weighted by molar-refractivity contribution is -0.0107. The number of unbranched alkanes of at least 4 members (excludes halogenated alkanes) is 4. The van der Waals surface area contributed by atoms with Crippen molar-refractivity contribution in [3.63, 3.8) is 0 Å². The Hall–Kier alpha value is -2.27. The summed E-state index contributed by atoms with van der Waals surface area (Å²) in [6.07, 6.45) is 13.8. The number of benzene rings is 1. The Morgan fingerprint density at radius 2 is 1.81 bits per heavy atom. The second-order valence-electron chi connectivity index (χ2n) is 9.32. The highest BCUT2D eigenvalue weighted by Gasteiger charge is 2.31. The number of nitrogens with zero attached hydrogens (tertiary/aromatic N) is 1. The Bertz CT molecular complexity index is 755. The van der Waals surface area contributed by atoms with Crippen LogP contribution in [0.5, 0.6) is 0 Å². The Balaban J connectivity index is 2.05. The summed E-state index contributed by atoms with van der Waals surface area (Å²) in [5, 5.41) is 6.19. The van der Waals surface area contributed by atoms with Crippen LogP contribution in [0.2, 0.25) is 0 Å². The zero-order valence-corrected chi connectivity index (χ0v) is 20.7. The summed E-state index contributed by atoms with van der Waals surface area (Å²) in [5.74, 6) is -0.313. The van der Waals surface area contributed by atoms with E-state index in [0.29, 0.717) is 12.5 Å². The van der Waals surface area contributed by atoms with Crippen LogP contribution in [0.3, 0.4) is 0 Å². The van der Waals surface area contributed by atoms with Gasteiger partial charge < -0.3 is 15.0 Å². The average Bonchev–Trinajstić information content (AvgIpc) is 2.77. The maximum absolute atomic E-state index is 13.3. The molecule has 5 heteroatoms. The number of ether oxygens (including phenoxy) is 1. The number of urea groups is 1. The maximum atomic E-state index is 13.3. The van der Waals surface area contributed by atoms with Crippen molar-refractivity contribution in [1.29, 1.82) is 0 Å². The van der Waals surface area contributed by atoms with Gasteiger partial charge in [-0.3, -0.25) is 5.32 Å². The number of allylic oxidation sites excluding steroid dienone is 2. The fourth-order valence-corrected chi connectivity index (χ4v) is 3.83. The number of hydrogen-bond acceptors (Lipinski definition) is 3. The SMILES string of the molecule is CCCCCCCN(Cc1ccc(CCC(C)C)cc1)C(=O)NC1(OC)C=C(C)C=CN1. The summed E-state index contributed by atoms with van der Waals surface area (Å²) < 4.78 is 5.64. The van der Waals surface area contributed by atoms with Crippen LogP contribution >= 0.6 is 0 Å². The number of methoxy groups -OCH3 is 1. The van der Waals surface area contributed by atoms with Gasteiger partial charge in [0.25, 0.3) is 0 Å². The van der Waals surface area contributed by atoms with Crippen molar-refractivity contribution in [2.45, 2.75) is 85.0 Å². The quantitative estimate of drug-likeness (QED) is 0.286. The van der Waals surface area contributed by atoms with E-state index in [1.54, 1.807) is 7.11 Å². The van der Waals surface area contributed by atoms with Crippen molar-refractivity contribution in [3.05, 3.63) is 59.3 Å². The molecular formula is C27H43N3O2. The molecule has 32 heavy (non-hydrogen) atoms. The fraction of sp³-hybridized carbons (Fsp3) is 0.593. The van der Waals surface area contributed by atoms with Gasteiger partial charge in [-0.15, -0.1) is 0 Å². The molecule has 0 aliphatic carbocycles. The predicted octanol–water partition coefficient (Wildman–Crippen LogP) is 6.12. The van der Waals surface area contributed by atoms with E-state index in [-0.39, 0.29) is 6.03 Å². The van der Waals surface area contributed by atoms with Crippen LogP contribution in [0.4, 0.5) is 4.79 Å². The number of amides is 2. The monoisotopic (exact) mass is 441 g/mol. The molecule has 1 aromatic rings. The molecule has 5 nitrogen and oxygen atoms in total. The van der Waals surface area contributed by atoms with E-state index in [9.17, 15) is 4.79 Å². The first-order valence-corrected chi connectivity index (χ1v) is 12.2. The van der Waals surface area contributed by atoms with Crippen LogP contribution in [0, 0.1) is 5.92 Å². The molecule has 0 bridgehead atoms. The first-order chi connectivity index (χ1) is 15.4. The maximum Gasteiger partial charge on any atom is 0.321 e. The van der Waals surface area contributed by atoms with Gasteiger partial charge in [-0.05, 0) is 61.0 Å². The van der Waals surface area contributed by atoms with Gasteiger partial charge in [0.1, 0.15) is 0 Å². The minimum Gasteiger partial charge on any atom is -0.343 e. The third-order valence-electron chi connectivity index (χ3n) is 5.92. The summed E-state index contributed by atoms with van der Waals surface area (Å²) in [5.41, 5.74) is 3.54. The lowest BCUT2D eigenvalue weighted by Gasteiger charge is -2.35. The number of hydrogen-bond donors (Lipinski definition) is 2. The minimum atomic E-state index is -1.02. The van der Waals surface area contributed by atoms with Crippen molar-refractivity contribution < 1.29 is 9.53 Å². The molecule has 0 fully saturated rings. The topological polar surface area (TPSA) is 53.6 Å². The Morgan fingerprint density at radius 1 is 1.12 bits per heavy atom. The standard InChI is InChI=1S/C27H43N3O2/c1-6-7-8-9-10-19-30(21-25-15-13-24(14-16-25)12-11-22(2)3)26(31)29-27(32-5)20-23(4)17-18-28-27/h13-18,20,22,28H,6-12,19,21H2,1-5H3,(H,29,31). The van der Waals surface area contributed by atoms with Crippen LogP contribution in [-0.2, 0) is 17.7 Å². The average molecular weight is 442 g/mol. The van der Waals surface area contributed by atoms with E-state index >= 15 is 0 Å². The molecule has 1 aliphatic heterocycles. The van der Waals surface area contributed by atoms with E-state index in [4.69, 9.17) is 4.74 Å². The van der Waals surface area contributed by atoms with Crippen LogP contribution in [0.25, 0.3) is 0 Å². The van der Waals surface area contributed by atoms with Gasteiger partial charge in [0.05, 0.1) is 0 Å². The molecule has 0 radical (unpaired) electrons. The summed E-state index contributed by atoms with van der Waals surface area (Å²) in [6.45, 7) is 10.0. The first kappa shape index (κ1) is 26.0. The predicted molar refractivity (Wildman–Crippen MR) is 133 cm³/mol. The van der Waals surface area contributed by atoms with Gasteiger partial charge >= 0.3 is 6.03 Å². The van der Waals surface area contributed by atoms with Crippen LogP contribution in [-0.4, -0.2) is 30.4 Å². The normalized spacial score (nSPS) is 17.8. The molecule has 1 unspecified atom stereocenters. The molecule has 1 heterocycles. The third kappa shape index (κ3) is 8.70. The van der Waals surface area contributed by atoms with E-state index < -0.39 is 5.85 Å². The molecule has 0 saturated carbocycles. The summed E-state index contributed by atoms with van der Waals surface area (Å²) in [6, 6.07) is 8.59. The highest BCUT2D eigenvalue weighted by Crippen LogP contribution is 2.17. The molecule has 178 valence electrons. The summed E-state index contributed by atoms with van der Waals surface area (Å²) >= 11 is 0.